The van der Waals surface area contributed by atoms with Crippen LogP contribution in [0.25, 0.3) is 0 Å². The molecule has 0 unspecified atom stereocenters. The molecule has 30 heavy (non-hydrogen) atoms. The average Bonchev–Trinajstić information content (AvgIpc) is 2.80. The van der Waals surface area contributed by atoms with Gasteiger partial charge in [-0.3, -0.25) is 9.78 Å². The molecule has 4 rings (SSSR count). The molecule has 1 aromatic carbocycles. The van der Waals surface area contributed by atoms with Crippen LogP contribution in [0.15, 0.2) is 60.9 Å². The molecule has 0 N–H and O–H groups in total. The lowest BCUT2D eigenvalue weighted by Crippen LogP contribution is -2.38. The van der Waals surface area contributed by atoms with Crippen molar-refractivity contribution in [2.75, 3.05) is 20.2 Å². The number of pyridine rings is 2. The number of hydrogen-bond acceptors (Lipinski definition) is 5. The minimum atomic E-state index is -0.0833. The first-order valence-electron chi connectivity index (χ1n) is 10.1. The number of benzene rings is 1. The number of carbonyl (C=O) groups is 1. The van der Waals surface area contributed by atoms with E-state index in [4.69, 9.17) is 9.47 Å². The predicted molar refractivity (Wildman–Crippen MR) is 114 cm³/mol. The maximum Gasteiger partial charge on any atom is 0.272 e. The van der Waals surface area contributed by atoms with Gasteiger partial charge in [-0.05, 0) is 49.4 Å². The first-order valence-corrected chi connectivity index (χ1v) is 10.1. The highest BCUT2D eigenvalue weighted by atomic mass is 16.5. The van der Waals surface area contributed by atoms with Crippen molar-refractivity contribution >= 4 is 5.91 Å². The second-order valence-corrected chi connectivity index (χ2v) is 7.43. The standard InChI is InChI=1S/C24H25N3O3/c1-17-8-9-19(15-25-17)18-10-12-27(13-11-18)24(28)21-14-22(29-2)23(16-26-21)30-20-6-4-3-5-7-20/h3-9,14-16,18H,10-13H2,1-2H3. The number of piperidine rings is 1. The SMILES string of the molecule is COc1cc(C(=O)N2CCC(c3ccc(C)nc3)CC2)ncc1Oc1ccccc1. The third kappa shape index (κ3) is 4.43. The van der Waals surface area contributed by atoms with Crippen LogP contribution in [0.1, 0.15) is 40.5 Å². The third-order valence-corrected chi connectivity index (χ3v) is 5.43. The Kier molecular flexibility index (Phi) is 5.93. The summed E-state index contributed by atoms with van der Waals surface area (Å²) in [6, 6.07) is 15.2. The van der Waals surface area contributed by atoms with Crippen LogP contribution in [0.4, 0.5) is 0 Å². The second kappa shape index (κ2) is 8.95. The van der Waals surface area contributed by atoms with Crippen molar-refractivity contribution in [3.05, 3.63) is 77.9 Å². The lowest BCUT2D eigenvalue weighted by Gasteiger charge is -2.32. The van der Waals surface area contributed by atoms with Crippen molar-refractivity contribution in [1.82, 2.24) is 14.9 Å². The molecule has 6 nitrogen and oxygen atoms in total. The molecule has 0 bridgehead atoms. The van der Waals surface area contributed by atoms with Crippen LogP contribution in [0.2, 0.25) is 0 Å². The molecule has 0 radical (unpaired) electrons. The van der Waals surface area contributed by atoms with Gasteiger partial charge in [-0.25, -0.2) is 4.98 Å². The average molecular weight is 403 g/mol. The minimum absolute atomic E-state index is 0.0833. The zero-order valence-electron chi connectivity index (χ0n) is 17.2. The van der Waals surface area contributed by atoms with Gasteiger partial charge in [-0.2, -0.15) is 0 Å². The van der Waals surface area contributed by atoms with Gasteiger partial charge in [-0.1, -0.05) is 24.3 Å². The Labute approximate surface area is 176 Å². The topological polar surface area (TPSA) is 64.5 Å². The fraction of sp³-hybridized carbons (Fsp3) is 0.292. The Hall–Kier alpha value is -3.41. The summed E-state index contributed by atoms with van der Waals surface area (Å²) in [4.78, 5) is 23.6. The first-order chi connectivity index (χ1) is 14.6. The van der Waals surface area contributed by atoms with Gasteiger partial charge >= 0.3 is 0 Å². The van der Waals surface area contributed by atoms with Crippen LogP contribution < -0.4 is 9.47 Å². The molecule has 1 amide bonds. The number of hydrogen-bond donors (Lipinski definition) is 0. The molecule has 1 saturated heterocycles. The van der Waals surface area contributed by atoms with E-state index in [-0.39, 0.29) is 5.91 Å². The Morgan fingerprint density at radius 3 is 2.43 bits per heavy atom. The second-order valence-electron chi connectivity index (χ2n) is 7.43. The molecule has 0 spiro atoms. The van der Waals surface area contributed by atoms with E-state index in [2.05, 4.69) is 16.0 Å². The maximum absolute atomic E-state index is 13.0. The summed E-state index contributed by atoms with van der Waals surface area (Å²) in [7, 11) is 1.56. The Balaban J connectivity index is 1.42. The summed E-state index contributed by atoms with van der Waals surface area (Å²) in [6.45, 7) is 3.38. The first kappa shape index (κ1) is 19.9. The number of aryl methyl sites for hydroxylation is 1. The molecule has 1 aliphatic rings. The molecule has 1 fully saturated rings. The highest BCUT2D eigenvalue weighted by molar-refractivity contribution is 5.93. The van der Waals surface area contributed by atoms with Crippen molar-refractivity contribution < 1.29 is 14.3 Å². The lowest BCUT2D eigenvalue weighted by molar-refractivity contribution is 0.0706. The van der Waals surface area contributed by atoms with Crippen LogP contribution in [-0.4, -0.2) is 41.0 Å². The van der Waals surface area contributed by atoms with Gasteiger partial charge in [0.25, 0.3) is 5.91 Å². The largest absolute Gasteiger partial charge is 0.493 e. The van der Waals surface area contributed by atoms with Crippen molar-refractivity contribution in [1.29, 1.82) is 0 Å². The van der Waals surface area contributed by atoms with Gasteiger partial charge in [0.2, 0.25) is 0 Å². The lowest BCUT2D eigenvalue weighted by atomic mass is 9.90. The van der Waals surface area contributed by atoms with Crippen LogP contribution in [0.3, 0.4) is 0 Å². The van der Waals surface area contributed by atoms with E-state index < -0.39 is 0 Å². The van der Waals surface area contributed by atoms with Gasteiger partial charge < -0.3 is 14.4 Å². The minimum Gasteiger partial charge on any atom is -0.493 e. The Morgan fingerprint density at radius 2 is 1.77 bits per heavy atom. The molecule has 6 heteroatoms. The molecule has 3 aromatic rings. The summed E-state index contributed by atoms with van der Waals surface area (Å²) < 4.78 is 11.3. The van der Waals surface area contributed by atoms with Gasteiger partial charge in [0, 0.05) is 31.0 Å². The normalized spacial score (nSPS) is 14.4. The van der Waals surface area contributed by atoms with Gasteiger partial charge in [0.05, 0.1) is 13.3 Å². The summed E-state index contributed by atoms with van der Waals surface area (Å²) in [6.07, 6.45) is 5.34. The van der Waals surface area contributed by atoms with E-state index in [9.17, 15) is 4.79 Å². The van der Waals surface area contributed by atoms with Crippen LogP contribution in [0.5, 0.6) is 17.2 Å². The molecule has 0 saturated carbocycles. The van der Waals surface area contributed by atoms with E-state index in [0.29, 0.717) is 41.9 Å². The molecule has 2 aromatic heterocycles. The molecule has 0 atom stereocenters. The molecular weight excluding hydrogens is 378 g/mol. The van der Waals surface area contributed by atoms with Crippen molar-refractivity contribution in [3.8, 4) is 17.2 Å². The number of rotatable bonds is 5. The zero-order valence-corrected chi connectivity index (χ0v) is 17.2. The van der Waals surface area contributed by atoms with E-state index in [0.717, 1.165) is 18.5 Å². The third-order valence-electron chi connectivity index (χ3n) is 5.43. The highest BCUT2D eigenvalue weighted by Crippen LogP contribution is 2.32. The van der Waals surface area contributed by atoms with Crippen LogP contribution in [0, 0.1) is 6.92 Å². The maximum atomic E-state index is 13.0. The van der Waals surface area contributed by atoms with Crippen molar-refractivity contribution in [2.24, 2.45) is 0 Å². The fourth-order valence-corrected chi connectivity index (χ4v) is 3.69. The summed E-state index contributed by atoms with van der Waals surface area (Å²) in [5, 5.41) is 0. The van der Waals surface area contributed by atoms with Crippen LogP contribution in [-0.2, 0) is 0 Å². The van der Waals surface area contributed by atoms with Gasteiger partial charge in [-0.15, -0.1) is 0 Å². The monoisotopic (exact) mass is 403 g/mol. The number of para-hydroxylation sites is 1. The number of aromatic nitrogens is 2. The molecule has 0 aliphatic carbocycles. The van der Waals surface area contributed by atoms with Crippen molar-refractivity contribution in [2.45, 2.75) is 25.7 Å². The predicted octanol–water partition coefficient (Wildman–Crippen LogP) is 4.61. The number of ether oxygens (including phenoxy) is 2. The Morgan fingerprint density at radius 1 is 1.00 bits per heavy atom. The zero-order chi connectivity index (χ0) is 20.9. The molecule has 1 aliphatic heterocycles. The van der Waals surface area contributed by atoms with E-state index in [1.54, 1.807) is 19.4 Å². The van der Waals surface area contributed by atoms with Crippen molar-refractivity contribution in [3.63, 3.8) is 0 Å². The summed E-state index contributed by atoms with van der Waals surface area (Å²) in [5.74, 6) is 2.00. The van der Waals surface area contributed by atoms with Crippen LogP contribution >= 0.6 is 0 Å². The molecule has 3 heterocycles. The molecule has 154 valence electrons. The number of methoxy groups -OCH3 is 1. The number of carbonyl (C=O) groups excluding carboxylic acids is 1. The Bertz CT molecular complexity index is 998. The summed E-state index contributed by atoms with van der Waals surface area (Å²) >= 11 is 0. The number of nitrogens with zero attached hydrogens (tertiary/aromatic N) is 3. The van der Waals surface area contributed by atoms with Gasteiger partial charge in [0.1, 0.15) is 11.4 Å². The molecular formula is C24H25N3O3. The number of likely N-dealkylation sites (tertiary alicyclic amines) is 1. The van der Waals surface area contributed by atoms with E-state index in [1.807, 2.05) is 54.4 Å². The smallest absolute Gasteiger partial charge is 0.272 e. The van der Waals surface area contributed by atoms with Gasteiger partial charge in [0.15, 0.2) is 11.5 Å². The highest BCUT2D eigenvalue weighted by Gasteiger charge is 2.26. The summed E-state index contributed by atoms with van der Waals surface area (Å²) in [5.41, 5.74) is 2.63. The van der Waals surface area contributed by atoms with E-state index in [1.165, 1.54) is 5.56 Å². The van der Waals surface area contributed by atoms with E-state index >= 15 is 0 Å². The quantitative estimate of drug-likeness (QED) is 0.623. The number of amides is 1. The fourth-order valence-electron chi connectivity index (χ4n) is 3.69.